The molecule has 1 aromatic carbocycles. The second-order valence-electron chi connectivity index (χ2n) is 7.65. The van der Waals surface area contributed by atoms with Crippen molar-refractivity contribution in [1.82, 2.24) is 20.2 Å². The van der Waals surface area contributed by atoms with Gasteiger partial charge in [0.25, 0.3) is 5.89 Å². The summed E-state index contributed by atoms with van der Waals surface area (Å²) in [6.45, 7) is 4.37. The van der Waals surface area contributed by atoms with E-state index >= 15 is 0 Å². The molecular formula is C22H25N7O2S. The van der Waals surface area contributed by atoms with Crippen molar-refractivity contribution in [3.05, 3.63) is 36.0 Å². The standard InChI is InChI=1S/C22H25N7O2S/c1-2-7-23-22-29-28-21(31-22)16-12-24-20(11-18(16)26-14-5-8-30-9-6-14)27-15-3-4-17-19(10-15)32-13-25-17/h3-4,10-14H,2,5-9H2,1H3,(H,23,29)(H2,24,26,27). The molecule has 4 heterocycles. The third-order valence-corrected chi connectivity index (χ3v) is 6.06. The minimum Gasteiger partial charge on any atom is -0.403 e. The van der Waals surface area contributed by atoms with Crippen molar-refractivity contribution in [1.29, 1.82) is 0 Å². The Hall–Kier alpha value is -3.24. The van der Waals surface area contributed by atoms with Crippen molar-refractivity contribution in [3.8, 4) is 11.5 Å². The summed E-state index contributed by atoms with van der Waals surface area (Å²) in [6, 6.07) is 8.81. The van der Waals surface area contributed by atoms with Gasteiger partial charge in [-0.2, -0.15) is 0 Å². The molecule has 32 heavy (non-hydrogen) atoms. The first-order chi connectivity index (χ1) is 15.8. The maximum atomic E-state index is 5.84. The predicted octanol–water partition coefficient (Wildman–Crippen LogP) is 4.90. The van der Waals surface area contributed by atoms with Crippen LogP contribution in [-0.2, 0) is 4.74 Å². The first kappa shape index (κ1) is 20.7. The van der Waals surface area contributed by atoms with E-state index in [0.29, 0.717) is 17.9 Å². The van der Waals surface area contributed by atoms with Crippen molar-refractivity contribution in [2.45, 2.75) is 32.2 Å². The molecule has 0 bridgehead atoms. The van der Waals surface area contributed by atoms with Gasteiger partial charge in [0.1, 0.15) is 5.82 Å². The molecule has 3 aromatic heterocycles. The fraction of sp³-hybridized carbons (Fsp3) is 0.364. The highest BCUT2D eigenvalue weighted by atomic mass is 32.1. The Labute approximate surface area is 189 Å². The van der Waals surface area contributed by atoms with Crippen LogP contribution >= 0.6 is 11.3 Å². The summed E-state index contributed by atoms with van der Waals surface area (Å²) < 4.78 is 12.5. The summed E-state index contributed by atoms with van der Waals surface area (Å²) >= 11 is 1.62. The van der Waals surface area contributed by atoms with Crippen molar-refractivity contribution in [2.24, 2.45) is 0 Å². The lowest BCUT2D eigenvalue weighted by Gasteiger charge is -2.25. The molecule has 0 saturated carbocycles. The van der Waals surface area contributed by atoms with Crippen LogP contribution in [0.3, 0.4) is 0 Å². The van der Waals surface area contributed by atoms with E-state index in [1.54, 1.807) is 17.5 Å². The zero-order chi connectivity index (χ0) is 21.8. The molecule has 3 N–H and O–H groups in total. The van der Waals surface area contributed by atoms with E-state index < -0.39 is 0 Å². The van der Waals surface area contributed by atoms with Crippen LogP contribution in [0.25, 0.3) is 21.7 Å². The highest BCUT2D eigenvalue weighted by molar-refractivity contribution is 7.16. The summed E-state index contributed by atoms with van der Waals surface area (Å²) in [5.41, 5.74) is 5.49. The number of rotatable bonds is 8. The molecule has 0 atom stereocenters. The van der Waals surface area contributed by atoms with Crippen LogP contribution in [0.15, 0.2) is 40.4 Å². The Bertz CT molecular complexity index is 1190. The third-order valence-electron chi connectivity index (χ3n) is 5.27. The first-order valence-corrected chi connectivity index (χ1v) is 11.7. The van der Waals surface area contributed by atoms with Crippen LogP contribution in [0.5, 0.6) is 0 Å². The molecule has 0 spiro atoms. The Morgan fingerprint density at radius 2 is 2.03 bits per heavy atom. The van der Waals surface area contributed by atoms with Gasteiger partial charge in [-0.15, -0.1) is 16.4 Å². The lowest BCUT2D eigenvalue weighted by Crippen LogP contribution is -2.28. The zero-order valence-electron chi connectivity index (χ0n) is 17.8. The number of ether oxygens (including phenoxy) is 1. The number of fused-ring (bicyclic) bond motifs is 1. The van der Waals surface area contributed by atoms with Gasteiger partial charge in [-0.25, -0.2) is 9.97 Å². The first-order valence-electron chi connectivity index (χ1n) is 10.8. The summed E-state index contributed by atoms with van der Waals surface area (Å²) in [4.78, 5) is 8.95. The Morgan fingerprint density at radius 1 is 1.12 bits per heavy atom. The highest BCUT2D eigenvalue weighted by Crippen LogP contribution is 2.32. The molecule has 166 valence electrons. The minimum atomic E-state index is 0.312. The van der Waals surface area contributed by atoms with Crippen LogP contribution in [0.4, 0.5) is 23.2 Å². The second-order valence-corrected chi connectivity index (χ2v) is 8.53. The van der Waals surface area contributed by atoms with Gasteiger partial charge >= 0.3 is 6.01 Å². The fourth-order valence-electron chi connectivity index (χ4n) is 3.59. The molecule has 10 heteroatoms. The third kappa shape index (κ3) is 4.66. The molecule has 4 aromatic rings. The fourth-order valence-corrected chi connectivity index (χ4v) is 4.31. The number of hydrogen-bond acceptors (Lipinski definition) is 10. The van der Waals surface area contributed by atoms with Crippen LogP contribution in [-0.4, -0.2) is 46.0 Å². The predicted molar refractivity (Wildman–Crippen MR) is 127 cm³/mol. The smallest absolute Gasteiger partial charge is 0.315 e. The molecule has 0 amide bonds. The molecule has 0 radical (unpaired) electrons. The average Bonchev–Trinajstić information content (AvgIpc) is 3.48. The van der Waals surface area contributed by atoms with Gasteiger partial charge in [-0.1, -0.05) is 12.0 Å². The monoisotopic (exact) mass is 451 g/mol. The Balaban J connectivity index is 1.43. The van der Waals surface area contributed by atoms with E-state index in [2.05, 4.69) is 49.1 Å². The van der Waals surface area contributed by atoms with Gasteiger partial charge in [-0.3, -0.25) is 0 Å². The number of aromatic nitrogens is 4. The second kappa shape index (κ2) is 9.49. The molecule has 0 unspecified atom stereocenters. The molecule has 9 nitrogen and oxygen atoms in total. The number of anilines is 4. The quantitative estimate of drug-likeness (QED) is 0.344. The summed E-state index contributed by atoms with van der Waals surface area (Å²) in [7, 11) is 0. The van der Waals surface area contributed by atoms with Crippen LogP contribution < -0.4 is 16.0 Å². The summed E-state index contributed by atoms with van der Waals surface area (Å²) in [5, 5.41) is 18.5. The highest BCUT2D eigenvalue weighted by Gasteiger charge is 2.19. The van der Waals surface area contributed by atoms with Gasteiger partial charge in [0, 0.05) is 43.8 Å². The lowest BCUT2D eigenvalue weighted by molar-refractivity contribution is 0.0904. The van der Waals surface area contributed by atoms with Gasteiger partial charge in [0.2, 0.25) is 0 Å². The molecule has 5 rings (SSSR count). The van der Waals surface area contributed by atoms with Crippen LogP contribution in [0.1, 0.15) is 26.2 Å². The number of hydrogen-bond donors (Lipinski definition) is 3. The van der Waals surface area contributed by atoms with E-state index in [9.17, 15) is 0 Å². The largest absolute Gasteiger partial charge is 0.403 e. The van der Waals surface area contributed by atoms with Crippen molar-refractivity contribution < 1.29 is 9.15 Å². The molecule has 1 aliphatic heterocycles. The van der Waals surface area contributed by atoms with Gasteiger partial charge in [0.05, 0.1) is 27.0 Å². The number of nitrogens with zero attached hydrogens (tertiary/aromatic N) is 4. The Morgan fingerprint density at radius 3 is 2.91 bits per heavy atom. The van der Waals surface area contributed by atoms with E-state index in [1.807, 2.05) is 23.7 Å². The van der Waals surface area contributed by atoms with Gasteiger partial charge < -0.3 is 25.1 Å². The molecule has 1 fully saturated rings. The maximum absolute atomic E-state index is 5.84. The molecule has 0 aliphatic carbocycles. The molecule has 1 saturated heterocycles. The van der Waals surface area contributed by atoms with E-state index in [-0.39, 0.29) is 0 Å². The minimum absolute atomic E-state index is 0.312. The van der Waals surface area contributed by atoms with E-state index in [0.717, 1.165) is 72.0 Å². The Kier molecular flexibility index (Phi) is 6.13. The van der Waals surface area contributed by atoms with E-state index in [4.69, 9.17) is 9.15 Å². The van der Waals surface area contributed by atoms with Crippen molar-refractivity contribution >= 4 is 44.8 Å². The van der Waals surface area contributed by atoms with Gasteiger partial charge in [0.15, 0.2) is 0 Å². The maximum Gasteiger partial charge on any atom is 0.315 e. The van der Waals surface area contributed by atoms with Crippen LogP contribution in [0, 0.1) is 0 Å². The van der Waals surface area contributed by atoms with Gasteiger partial charge in [-0.05, 0) is 37.5 Å². The number of nitrogens with one attached hydrogen (secondary N) is 3. The van der Waals surface area contributed by atoms with Crippen molar-refractivity contribution in [2.75, 3.05) is 35.7 Å². The lowest BCUT2D eigenvalue weighted by atomic mass is 10.1. The summed E-state index contributed by atoms with van der Waals surface area (Å²) in [5.74, 6) is 1.17. The van der Waals surface area contributed by atoms with Crippen LogP contribution in [0.2, 0.25) is 0 Å². The number of pyridine rings is 1. The van der Waals surface area contributed by atoms with Crippen molar-refractivity contribution in [3.63, 3.8) is 0 Å². The average molecular weight is 452 g/mol. The normalized spacial score (nSPS) is 14.5. The molecular weight excluding hydrogens is 426 g/mol. The SMILES string of the molecule is CCCNc1nnc(-c2cnc(Nc3ccc4ncsc4c3)cc2NC2CCOCC2)o1. The van der Waals surface area contributed by atoms with E-state index in [1.165, 1.54) is 0 Å². The number of benzene rings is 1. The molecule has 1 aliphatic rings. The topological polar surface area (TPSA) is 110 Å². The number of thiazole rings is 1. The summed E-state index contributed by atoms with van der Waals surface area (Å²) in [6.07, 6.45) is 4.63. The zero-order valence-corrected chi connectivity index (χ0v) is 18.6.